The van der Waals surface area contributed by atoms with E-state index in [1.165, 1.54) is 173 Å². The van der Waals surface area contributed by atoms with Crippen LogP contribution in [-0.4, -0.2) is 0 Å². The van der Waals surface area contributed by atoms with Crippen LogP contribution in [0.2, 0.25) is 0 Å². The molecule has 6 aliphatic carbocycles. The third-order valence-electron chi connectivity index (χ3n) is 19.3. The highest BCUT2D eigenvalue weighted by Crippen LogP contribution is 2.77. The van der Waals surface area contributed by atoms with Crippen LogP contribution < -0.4 is 0 Å². The van der Waals surface area contributed by atoms with E-state index < -0.39 is 0 Å². The minimum atomic E-state index is 0.449. The van der Waals surface area contributed by atoms with E-state index in [2.05, 4.69) is 48.5 Å². The summed E-state index contributed by atoms with van der Waals surface area (Å²) in [4.78, 5) is 0. The van der Waals surface area contributed by atoms with Gasteiger partial charge in [0.2, 0.25) is 0 Å². The van der Waals surface area contributed by atoms with Gasteiger partial charge in [0.25, 0.3) is 0 Å². The Labute approximate surface area is 302 Å². The Bertz CT molecular complexity index is 995. The van der Waals surface area contributed by atoms with Gasteiger partial charge < -0.3 is 0 Å². The molecular formula is C48H86. The van der Waals surface area contributed by atoms with Gasteiger partial charge in [-0.25, -0.2) is 0 Å². The molecule has 0 nitrogen and oxygen atoms in total. The van der Waals surface area contributed by atoms with E-state index in [4.69, 9.17) is 0 Å². The fourth-order valence-corrected chi connectivity index (χ4v) is 16.0. The van der Waals surface area contributed by atoms with Gasteiger partial charge in [0.15, 0.2) is 0 Å². The summed E-state index contributed by atoms with van der Waals surface area (Å²) < 4.78 is 0. The topological polar surface area (TPSA) is 0 Å². The molecule has 0 aliphatic heterocycles. The lowest BCUT2D eigenvalue weighted by Gasteiger charge is -2.74. The molecule has 0 aromatic heterocycles. The van der Waals surface area contributed by atoms with Gasteiger partial charge in [-0.15, -0.1) is 0 Å². The maximum absolute atomic E-state index is 3.05. The molecule has 0 N–H and O–H groups in total. The molecule has 48 heavy (non-hydrogen) atoms. The van der Waals surface area contributed by atoms with E-state index in [0.717, 1.165) is 29.6 Å². The molecule has 7 unspecified atom stereocenters. The first kappa shape index (κ1) is 37.7. The molecule has 0 heterocycles. The maximum atomic E-state index is 3.05. The lowest BCUT2D eigenvalue weighted by Crippen LogP contribution is -2.67. The number of unbranched alkanes of at least 4 members (excludes halogenated alkanes) is 5. The maximum Gasteiger partial charge on any atom is -0.0184 e. The van der Waals surface area contributed by atoms with Crippen LogP contribution in [0.3, 0.4) is 0 Å². The number of rotatable bonds is 11. The van der Waals surface area contributed by atoms with Crippen molar-refractivity contribution in [3.63, 3.8) is 0 Å². The summed E-state index contributed by atoms with van der Waals surface area (Å²) in [5.41, 5.74) is 3.15. The molecule has 0 aromatic rings. The SMILES string of the molecule is CCCCCCCCC1(C)C(C2(C)CCCCC2)CC2C(C3(C)CCCCC3)CC(C3(C)CCCCC3)CC2C1(C)C1(C)CCCCC1. The third kappa shape index (κ3) is 6.80. The highest BCUT2D eigenvalue weighted by molar-refractivity contribution is 5.18. The quantitative estimate of drug-likeness (QED) is 0.193. The molecule has 278 valence electrons. The Morgan fingerprint density at radius 1 is 0.438 bits per heavy atom. The molecule has 6 fully saturated rings. The second-order valence-corrected chi connectivity index (χ2v) is 21.7. The molecule has 6 rings (SSSR count). The van der Waals surface area contributed by atoms with Crippen molar-refractivity contribution in [1.29, 1.82) is 0 Å². The molecule has 6 aliphatic rings. The minimum Gasteiger partial charge on any atom is -0.0654 e. The van der Waals surface area contributed by atoms with E-state index in [1.54, 1.807) is 19.3 Å². The highest BCUT2D eigenvalue weighted by atomic mass is 14.7. The van der Waals surface area contributed by atoms with E-state index in [0.29, 0.717) is 32.5 Å². The van der Waals surface area contributed by atoms with Crippen molar-refractivity contribution in [1.82, 2.24) is 0 Å². The average Bonchev–Trinajstić information content (AvgIpc) is 3.08. The molecule has 0 amide bonds. The zero-order valence-corrected chi connectivity index (χ0v) is 34.1. The first-order chi connectivity index (χ1) is 22.9. The molecule has 0 bridgehead atoms. The first-order valence-corrected chi connectivity index (χ1v) is 22.9. The van der Waals surface area contributed by atoms with Gasteiger partial charge in [-0.1, -0.05) is 164 Å². The molecule has 0 spiro atoms. The lowest BCUT2D eigenvalue weighted by atomic mass is 9.31. The Hall–Kier alpha value is 0. The molecule has 6 saturated carbocycles. The first-order valence-electron chi connectivity index (χ1n) is 22.9. The van der Waals surface area contributed by atoms with Crippen LogP contribution >= 0.6 is 0 Å². The summed E-state index contributed by atoms with van der Waals surface area (Å²) in [6.07, 6.45) is 45.3. The van der Waals surface area contributed by atoms with Crippen molar-refractivity contribution in [3.05, 3.63) is 0 Å². The fraction of sp³-hybridized carbons (Fsp3) is 1.00. The van der Waals surface area contributed by atoms with Crippen LogP contribution in [0.1, 0.15) is 241 Å². The summed E-state index contributed by atoms with van der Waals surface area (Å²) in [5, 5.41) is 0. The van der Waals surface area contributed by atoms with Gasteiger partial charge >= 0.3 is 0 Å². The van der Waals surface area contributed by atoms with Crippen LogP contribution in [0.15, 0.2) is 0 Å². The van der Waals surface area contributed by atoms with Gasteiger partial charge in [-0.3, -0.25) is 0 Å². The summed E-state index contributed by atoms with van der Waals surface area (Å²) in [7, 11) is 0. The lowest BCUT2D eigenvalue weighted by molar-refractivity contribution is -0.255. The van der Waals surface area contributed by atoms with Crippen molar-refractivity contribution in [2.75, 3.05) is 0 Å². The minimum absolute atomic E-state index is 0.449. The average molecular weight is 663 g/mol. The third-order valence-corrected chi connectivity index (χ3v) is 19.3. The van der Waals surface area contributed by atoms with Crippen LogP contribution in [0, 0.1) is 62.1 Å². The summed E-state index contributed by atoms with van der Waals surface area (Å²) >= 11 is 0. The van der Waals surface area contributed by atoms with E-state index in [1.807, 2.05) is 0 Å². The van der Waals surface area contributed by atoms with Crippen LogP contribution in [0.4, 0.5) is 0 Å². The number of fused-ring (bicyclic) bond motifs is 1. The Morgan fingerprint density at radius 2 is 0.896 bits per heavy atom. The summed E-state index contributed by atoms with van der Waals surface area (Å²) in [6, 6.07) is 0. The zero-order valence-electron chi connectivity index (χ0n) is 34.1. The van der Waals surface area contributed by atoms with Crippen molar-refractivity contribution in [2.45, 2.75) is 241 Å². The zero-order chi connectivity index (χ0) is 34.1. The number of hydrogen-bond acceptors (Lipinski definition) is 0. The Balaban J connectivity index is 1.48. The predicted octanol–water partition coefficient (Wildman–Crippen LogP) is 15.9. The predicted molar refractivity (Wildman–Crippen MR) is 210 cm³/mol. The molecule has 0 aromatic carbocycles. The second kappa shape index (κ2) is 15.2. The summed E-state index contributed by atoms with van der Waals surface area (Å²) in [6.45, 7) is 19.9. The summed E-state index contributed by atoms with van der Waals surface area (Å²) in [5.74, 6) is 4.77. The van der Waals surface area contributed by atoms with Crippen molar-refractivity contribution in [2.24, 2.45) is 62.1 Å². The molecule has 0 saturated heterocycles. The Kier molecular flexibility index (Phi) is 11.9. The van der Waals surface area contributed by atoms with Gasteiger partial charge in [0.1, 0.15) is 0 Å². The van der Waals surface area contributed by atoms with Crippen LogP contribution in [-0.2, 0) is 0 Å². The largest absolute Gasteiger partial charge is 0.0654 e. The van der Waals surface area contributed by atoms with Crippen LogP contribution in [0.5, 0.6) is 0 Å². The molecule has 0 radical (unpaired) electrons. The van der Waals surface area contributed by atoms with Crippen molar-refractivity contribution < 1.29 is 0 Å². The van der Waals surface area contributed by atoms with Crippen molar-refractivity contribution in [3.8, 4) is 0 Å². The van der Waals surface area contributed by atoms with Gasteiger partial charge in [-0.05, 0) is 139 Å². The highest BCUT2D eigenvalue weighted by Gasteiger charge is 2.70. The Morgan fingerprint density at radius 3 is 1.46 bits per heavy atom. The fourth-order valence-electron chi connectivity index (χ4n) is 16.0. The molecule has 7 atom stereocenters. The van der Waals surface area contributed by atoms with E-state index in [9.17, 15) is 0 Å². The smallest absolute Gasteiger partial charge is 0.0184 e. The van der Waals surface area contributed by atoms with Gasteiger partial charge in [0.05, 0.1) is 0 Å². The molecule has 0 heteroatoms. The van der Waals surface area contributed by atoms with Crippen LogP contribution in [0.25, 0.3) is 0 Å². The van der Waals surface area contributed by atoms with Gasteiger partial charge in [0, 0.05) is 0 Å². The molecular weight excluding hydrogens is 577 g/mol. The van der Waals surface area contributed by atoms with E-state index in [-0.39, 0.29) is 0 Å². The van der Waals surface area contributed by atoms with Gasteiger partial charge in [-0.2, -0.15) is 0 Å². The van der Waals surface area contributed by atoms with Crippen molar-refractivity contribution >= 4 is 0 Å². The monoisotopic (exact) mass is 663 g/mol. The standard InChI is InChI=1S/C48H86/c1-8-9-10-11-12-25-34-47(6)42(45(4)30-21-15-22-31-45)37-39-40(44(3)28-19-14-20-29-44)35-38(43(2)26-17-13-18-27-43)36-41(39)48(47,7)46(5)32-23-16-24-33-46/h38-42H,8-37H2,1-7H3. The second-order valence-electron chi connectivity index (χ2n) is 21.7. The van der Waals surface area contributed by atoms with E-state index >= 15 is 0 Å². The number of hydrogen-bond donors (Lipinski definition) is 0. The normalized spacial score (nSPS) is 40.9.